The van der Waals surface area contributed by atoms with Crippen molar-refractivity contribution in [1.29, 1.82) is 0 Å². The van der Waals surface area contributed by atoms with Crippen LogP contribution >= 0.6 is 0 Å². The average molecular weight is 270 g/mol. The molecule has 0 unspecified atom stereocenters. The topological polar surface area (TPSA) is 32.3 Å². The molecule has 0 spiro atoms. The molecule has 1 rings (SSSR count). The fourth-order valence-electron chi connectivity index (χ4n) is 1.71. The summed E-state index contributed by atoms with van der Waals surface area (Å²) in [4.78, 5) is 13.5. The number of benzene rings is 1. The predicted octanol–water partition coefficient (Wildman–Crippen LogP) is 3.12. The third kappa shape index (κ3) is 3.91. The van der Waals surface area contributed by atoms with Gasteiger partial charge in [-0.1, -0.05) is 13.8 Å². The molecule has 1 aromatic rings. The Morgan fingerprint density at radius 2 is 1.84 bits per heavy atom. The van der Waals surface area contributed by atoms with Gasteiger partial charge in [-0.2, -0.15) is 0 Å². The summed E-state index contributed by atoms with van der Waals surface area (Å²) in [5, 5.41) is 2.42. The summed E-state index contributed by atoms with van der Waals surface area (Å²) in [5.74, 6) is -1.43. The Labute approximate surface area is 112 Å². The van der Waals surface area contributed by atoms with Gasteiger partial charge in [0, 0.05) is 26.2 Å². The van der Waals surface area contributed by atoms with Crippen LogP contribution in [0, 0.1) is 17.6 Å². The van der Waals surface area contributed by atoms with E-state index in [1.807, 2.05) is 0 Å². The van der Waals surface area contributed by atoms with Crippen LogP contribution in [0.25, 0.3) is 0 Å². The molecule has 5 heteroatoms. The number of amides is 1. The average Bonchev–Trinajstić information content (AvgIpc) is 2.34. The number of hydrogen-bond donors (Lipinski definition) is 1. The van der Waals surface area contributed by atoms with Gasteiger partial charge < -0.3 is 10.2 Å². The molecular weight excluding hydrogens is 250 g/mol. The van der Waals surface area contributed by atoms with Gasteiger partial charge in [-0.25, -0.2) is 8.78 Å². The minimum atomic E-state index is -0.761. The molecule has 1 N–H and O–H groups in total. The van der Waals surface area contributed by atoms with Crippen molar-refractivity contribution >= 4 is 11.6 Å². The second-order valence-corrected chi connectivity index (χ2v) is 4.97. The van der Waals surface area contributed by atoms with Crippen LogP contribution in [0.4, 0.5) is 14.5 Å². The number of carbonyl (C=O) groups excluding carboxylic acids is 1. The van der Waals surface area contributed by atoms with Crippen molar-refractivity contribution in [2.75, 3.05) is 26.0 Å². The smallest absolute Gasteiger partial charge is 0.253 e. The quantitative estimate of drug-likeness (QED) is 0.891. The molecule has 3 nitrogen and oxygen atoms in total. The number of hydrogen-bond acceptors (Lipinski definition) is 2. The number of nitrogens with zero attached hydrogens (tertiary/aromatic N) is 1. The van der Waals surface area contributed by atoms with Crippen molar-refractivity contribution in [2.45, 2.75) is 20.3 Å². The van der Waals surface area contributed by atoms with Crippen molar-refractivity contribution < 1.29 is 13.6 Å². The third-order valence-electron chi connectivity index (χ3n) is 2.93. The Balaban J connectivity index is 2.88. The van der Waals surface area contributed by atoms with Gasteiger partial charge in [0.15, 0.2) is 0 Å². The van der Waals surface area contributed by atoms with Gasteiger partial charge in [0.25, 0.3) is 5.91 Å². The fraction of sp³-hybridized carbons (Fsp3) is 0.500. The van der Waals surface area contributed by atoms with Gasteiger partial charge in [0.2, 0.25) is 0 Å². The van der Waals surface area contributed by atoms with Crippen LogP contribution < -0.4 is 5.32 Å². The molecule has 0 atom stereocenters. The van der Waals surface area contributed by atoms with Crippen molar-refractivity contribution in [1.82, 2.24) is 4.90 Å². The molecule has 1 aromatic carbocycles. The van der Waals surface area contributed by atoms with Gasteiger partial charge in [-0.3, -0.25) is 4.79 Å². The Morgan fingerprint density at radius 3 is 2.26 bits per heavy atom. The molecule has 1 amide bonds. The van der Waals surface area contributed by atoms with E-state index in [1.165, 1.54) is 11.9 Å². The maximum Gasteiger partial charge on any atom is 0.253 e. The molecule has 0 aliphatic carbocycles. The molecule has 0 aliphatic heterocycles. The van der Waals surface area contributed by atoms with E-state index in [4.69, 9.17) is 0 Å². The van der Waals surface area contributed by atoms with E-state index >= 15 is 0 Å². The summed E-state index contributed by atoms with van der Waals surface area (Å²) in [5.41, 5.74) is -0.193. The minimum absolute atomic E-state index is 0.0280. The van der Waals surface area contributed by atoms with E-state index in [0.29, 0.717) is 12.5 Å². The standard InChI is InChI=1S/C14H20F2N2O/c1-9(2)5-6-18(4)14(19)10-7-11(15)13(17-3)12(16)8-10/h7-9,17H,5-6H2,1-4H3. The van der Waals surface area contributed by atoms with Crippen molar-refractivity contribution in [3.05, 3.63) is 29.3 Å². The lowest BCUT2D eigenvalue weighted by Gasteiger charge is -2.19. The van der Waals surface area contributed by atoms with Crippen LogP contribution in [0.5, 0.6) is 0 Å². The Bertz CT molecular complexity index is 438. The minimum Gasteiger partial charge on any atom is -0.383 e. The first-order valence-corrected chi connectivity index (χ1v) is 6.29. The maximum atomic E-state index is 13.6. The highest BCUT2D eigenvalue weighted by Crippen LogP contribution is 2.21. The highest BCUT2D eigenvalue weighted by atomic mass is 19.1. The van der Waals surface area contributed by atoms with Crippen LogP contribution in [0.1, 0.15) is 30.6 Å². The van der Waals surface area contributed by atoms with E-state index in [-0.39, 0.29) is 17.2 Å². The number of carbonyl (C=O) groups is 1. The van der Waals surface area contributed by atoms with E-state index in [9.17, 15) is 13.6 Å². The summed E-state index contributed by atoms with van der Waals surface area (Å²) in [6, 6.07) is 2.12. The van der Waals surface area contributed by atoms with Gasteiger partial charge in [-0.15, -0.1) is 0 Å². The molecule has 0 aliphatic rings. The molecule has 19 heavy (non-hydrogen) atoms. The lowest BCUT2D eigenvalue weighted by Crippen LogP contribution is -2.28. The summed E-state index contributed by atoms with van der Waals surface area (Å²) in [7, 11) is 3.06. The Morgan fingerprint density at radius 1 is 1.32 bits per heavy atom. The van der Waals surface area contributed by atoms with Gasteiger partial charge in [-0.05, 0) is 24.5 Å². The molecule has 0 fully saturated rings. The Kier molecular flexibility index (Phi) is 5.27. The van der Waals surface area contributed by atoms with Crippen LogP contribution in [0.2, 0.25) is 0 Å². The molecule has 0 saturated heterocycles. The highest BCUT2D eigenvalue weighted by Gasteiger charge is 2.17. The van der Waals surface area contributed by atoms with Crippen molar-refractivity contribution in [2.24, 2.45) is 5.92 Å². The highest BCUT2D eigenvalue weighted by molar-refractivity contribution is 5.94. The zero-order chi connectivity index (χ0) is 14.6. The third-order valence-corrected chi connectivity index (χ3v) is 2.93. The van der Waals surface area contributed by atoms with Gasteiger partial charge in [0.05, 0.1) is 0 Å². The SMILES string of the molecule is CNc1c(F)cc(C(=O)N(C)CCC(C)C)cc1F. The summed E-state index contributed by atoms with van der Waals surface area (Å²) in [6.45, 7) is 4.67. The normalized spacial score (nSPS) is 10.7. The second kappa shape index (κ2) is 6.50. The molecule has 0 aromatic heterocycles. The lowest BCUT2D eigenvalue weighted by atomic mass is 10.1. The summed E-state index contributed by atoms with van der Waals surface area (Å²) < 4.78 is 27.2. The van der Waals surface area contributed by atoms with Crippen LogP contribution in [0.3, 0.4) is 0 Å². The number of anilines is 1. The van der Waals surface area contributed by atoms with E-state index < -0.39 is 11.6 Å². The van der Waals surface area contributed by atoms with Crippen molar-refractivity contribution in [3.63, 3.8) is 0 Å². The number of rotatable bonds is 5. The Hall–Kier alpha value is -1.65. The van der Waals surface area contributed by atoms with E-state index in [2.05, 4.69) is 19.2 Å². The summed E-state index contributed by atoms with van der Waals surface area (Å²) >= 11 is 0. The molecule has 0 saturated carbocycles. The van der Waals surface area contributed by atoms with E-state index in [0.717, 1.165) is 18.6 Å². The molecule has 0 bridgehead atoms. The van der Waals surface area contributed by atoms with E-state index in [1.54, 1.807) is 7.05 Å². The molecule has 0 heterocycles. The lowest BCUT2D eigenvalue weighted by molar-refractivity contribution is 0.0788. The maximum absolute atomic E-state index is 13.6. The fourth-order valence-corrected chi connectivity index (χ4v) is 1.71. The molecule has 0 radical (unpaired) electrons. The second-order valence-electron chi connectivity index (χ2n) is 4.97. The first kappa shape index (κ1) is 15.4. The monoisotopic (exact) mass is 270 g/mol. The molecular formula is C14H20F2N2O. The van der Waals surface area contributed by atoms with Gasteiger partial charge in [0.1, 0.15) is 17.3 Å². The molecule has 106 valence electrons. The number of halogens is 2. The first-order chi connectivity index (χ1) is 8.86. The zero-order valence-electron chi connectivity index (χ0n) is 11.8. The van der Waals surface area contributed by atoms with Crippen LogP contribution in [-0.4, -0.2) is 31.4 Å². The van der Waals surface area contributed by atoms with Crippen LogP contribution in [-0.2, 0) is 0 Å². The number of nitrogens with one attached hydrogen (secondary N) is 1. The first-order valence-electron chi connectivity index (χ1n) is 6.29. The van der Waals surface area contributed by atoms with Gasteiger partial charge >= 0.3 is 0 Å². The predicted molar refractivity (Wildman–Crippen MR) is 72.3 cm³/mol. The largest absolute Gasteiger partial charge is 0.383 e. The van der Waals surface area contributed by atoms with Crippen LogP contribution in [0.15, 0.2) is 12.1 Å². The summed E-state index contributed by atoms with van der Waals surface area (Å²) in [6.07, 6.45) is 0.849. The zero-order valence-corrected chi connectivity index (χ0v) is 11.8. The van der Waals surface area contributed by atoms with Crippen molar-refractivity contribution in [3.8, 4) is 0 Å².